The topological polar surface area (TPSA) is 113 Å². The van der Waals surface area contributed by atoms with Crippen LogP contribution >= 0.6 is 0 Å². The third kappa shape index (κ3) is 4.24. The van der Waals surface area contributed by atoms with Crippen molar-refractivity contribution in [3.8, 4) is 0 Å². The van der Waals surface area contributed by atoms with Crippen molar-refractivity contribution in [3.63, 3.8) is 0 Å². The monoisotopic (exact) mass is 467 g/mol. The van der Waals surface area contributed by atoms with Gasteiger partial charge in [0.25, 0.3) is 11.8 Å². The van der Waals surface area contributed by atoms with Gasteiger partial charge in [-0.3, -0.25) is 29.4 Å². The van der Waals surface area contributed by atoms with E-state index in [-0.39, 0.29) is 36.9 Å². The van der Waals surface area contributed by atoms with Crippen LogP contribution in [0.2, 0.25) is 0 Å². The molecular weight excluding hydrogens is 438 g/mol. The molecule has 9 heteroatoms. The van der Waals surface area contributed by atoms with Gasteiger partial charge in [0.15, 0.2) is 0 Å². The predicted molar refractivity (Wildman–Crippen MR) is 121 cm³/mol. The molecule has 4 aliphatic rings. The van der Waals surface area contributed by atoms with Crippen molar-refractivity contribution in [2.45, 2.75) is 69.6 Å². The maximum absolute atomic E-state index is 13.1. The number of hydrogen-bond acceptors (Lipinski definition) is 7. The number of aldehydes is 1. The van der Waals surface area contributed by atoms with E-state index in [1.165, 1.54) is 0 Å². The maximum Gasteiger partial charge on any atom is 0.262 e. The quantitative estimate of drug-likeness (QED) is 0.519. The Balaban J connectivity index is 1.21. The number of fused-ring (bicyclic) bond motifs is 1. The Bertz CT molecular complexity index is 1020. The van der Waals surface area contributed by atoms with Gasteiger partial charge in [-0.05, 0) is 63.1 Å². The zero-order chi connectivity index (χ0) is 23.8. The summed E-state index contributed by atoms with van der Waals surface area (Å²) in [6.07, 6.45) is 7.17. The molecule has 4 amide bonds. The van der Waals surface area contributed by atoms with Crippen LogP contribution in [0.4, 0.5) is 5.69 Å². The number of ether oxygens (including phenoxy) is 1. The van der Waals surface area contributed by atoms with Gasteiger partial charge in [-0.2, -0.15) is 0 Å². The van der Waals surface area contributed by atoms with Crippen molar-refractivity contribution >= 4 is 35.6 Å². The summed E-state index contributed by atoms with van der Waals surface area (Å²) >= 11 is 0. The molecule has 2 saturated heterocycles. The van der Waals surface area contributed by atoms with E-state index in [1.807, 2.05) is 6.07 Å². The lowest BCUT2D eigenvalue weighted by Gasteiger charge is -2.36. The first-order chi connectivity index (χ1) is 16.4. The van der Waals surface area contributed by atoms with Crippen LogP contribution in [0.15, 0.2) is 18.2 Å². The fourth-order valence-corrected chi connectivity index (χ4v) is 5.54. The Labute approximate surface area is 197 Å². The minimum absolute atomic E-state index is 0.102. The molecule has 1 aromatic carbocycles. The number of rotatable bonds is 5. The number of amides is 4. The van der Waals surface area contributed by atoms with Crippen LogP contribution < -0.4 is 10.2 Å². The highest BCUT2D eigenvalue weighted by molar-refractivity contribution is 6.23. The molecule has 0 radical (unpaired) electrons. The summed E-state index contributed by atoms with van der Waals surface area (Å²) in [5.74, 6) is -1.78. The second kappa shape index (κ2) is 9.29. The zero-order valence-corrected chi connectivity index (χ0v) is 19.0. The summed E-state index contributed by atoms with van der Waals surface area (Å²) in [5, 5.41) is 2.22. The zero-order valence-electron chi connectivity index (χ0n) is 19.0. The van der Waals surface area contributed by atoms with Gasteiger partial charge in [0, 0.05) is 31.1 Å². The Morgan fingerprint density at radius 3 is 2.21 bits per heavy atom. The van der Waals surface area contributed by atoms with Crippen molar-refractivity contribution in [1.29, 1.82) is 0 Å². The van der Waals surface area contributed by atoms with Crippen LogP contribution in [-0.2, 0) is 19.1 Å². The summed E-state index contributed by atoms with van der Waals surface area (Å²) in [6.45, 7) is 1.57. The lowest BCUT2D eigenvalue weighted by Crippen LogP contribution is -2.54. The molecule has 1 atom stereocenters. The van der Waals surface area contributed by atoms with Crippen LogP contribution in [0.1, 0.15) is 72.1 Å². The van der Waals surface area contributed by atoms with Gasteiger partial charge in [-0.15, -0.1) is 0 Å². The Morgan fingerprint density at radius 2 is 1.53 bits per heavy atom. The maximum atomic E-state index is 13.1. The molecule has 1 unspecified atom stereocenters. The van der Waals surface area contributed by atoms with E-state index in [4.69, 9.17) is 4.74 Å². The fourth-order valence-electron chi connectivity index (χ4n) is 5.54. The van der Waals surface area contributed by atoms with Gasteiger partial charge in [0.05, 0.1) is 23.3 Å². The highest BCUT2D eigenvalue weighted by atomic mass is 16.5. The Morgan fingerprint density at radius 1 is 0.853 bits per heavy atom. The molecule has 3 fully saturated rings. The van der Waals surface area contributed by atoms with Crippen molar-refractivity contribution in [2.75, 3.05) is 18.0 Å². The molecule has 1 N–H and O–H groups in total. The summed E-state index contributed by atoms with van der Waals surface area (Å²) in [6, 6.07) is 4.29. The smallest absolute Gasteiger partial charge is 0.262 e. The van der Waals surface area contributed by atoms with Gasteiger partial charge in [-0.25, -0.2) is 0 Å². The SMILES string of the molecule is O=CC1CCC(OC2CCN(c3ccc4c(c3)C(=O)N(C3CCC(=O)NC3=O)C4=O)CC2)CC1. The number of carbonyl (C=O) groups excluding carboxylic acids is 5. The molecule has 180 valence electrons. The molecule has 0 bridgehead atoms. The second-order valence-electron chi connectivity index (χ2n) is 9.67. The summed E-state index contributed by atoms with van der Waals surface area (Å²) < 4.78 is 6.30. The molecule has 1 saturated carbocycles. The van der Waals surface area contributed by atoms with E-state index >= 15 is 0 Å². The van der Waals surface area contributed by atoms with Gasteiger partial charge < -0.3 is 14.4 Å². The van der Waals surface area contributed by atoms with Crippen LogP contribution in [0.3, 0.4) is 0 Å². The van der Waals surface area contributed by atoms with E-state index < -0.39 is 23.8 Å². The molecule has 0 spiro atoms. The van der Waals surface area contributed by atoms with Crippen LogP contribution in [0.25, 0.3) is 0 Å². The van der Waals surface area contributed by atoms with E-state index in [0.29, 0.717) is 11.1 Å². The highest BCUT2D eigenvalue weighted by Crippen LogP contribution is 2.33. The average Bonchev–Trinajstić information content (AvgIpc) is 3.09. The molecular formula is C25H29N3O6. The number of imide groups is 2. The standard InChI is InChI=1S/C25H29N3O6/c29-14-15-1-4-17(5-2-15)34-18-9-11-27(12-10-18)16-3-6-19-20(13-16)25(33)28(24(19)32)21-7-8-22(30)26-23(21)31/h3,6,13-15,17-18,21H,1-2,4-5,7-12H2,(H,26,30,31). The molecule has 3 aliphatic heterocycles. The lowest BCUT2D eigenvalue weighted by molar-refractivity contribution is -0.136. The summed E-state index contributed by atoms with van der Waals surface area (Å²) in [7, 11) is 0. The summed E-state index contributed by atoms with van der Waals surface area (Å²) in [4.78, 5) is 63.8. The molecule has 1 aliphatic carbocycles. The third-order valence-electron chi connectivity index (χ3n) is 7.53. The van der Waals surface area contributed by atoms with Crippen molar-refractivity contribution in [1.82, 2.24) is 10.2 Å². The summed E-state index contributed by atoms with van der Waals surface area (Å²) in [5.41, 5.74) is 1.47. The molecule has 9 nitrogen and oxygen atoms in total. The second-order valence-corrected chi connectivity index (χ2v) is 9.67. The van der Waals surface area contributed by atoms with E-state index in [0.717, 1.165) is 68.5 Å². The molecule has 0 aromatic heterocycles. The number of benzene rings is 1. The first-order valence-electron chi connectivity index (χ1n) is 12.2. The molecule has 3 heterocycles. The highest BCUT2D eigenvalue weighted by Gasteiger charge is 2.44. The average molecular weight is 468 g/mol. The number of hydrogen-bond donors (Lipinski definition) is 1. The van der Waals surface area contributed by atoms with Gasteiger partial charge in [-0.1, -0.05) is 0 Å². The van der Waals surface area contributed by atoms with Crippen LogP contribution in [0.5, 0.6) is 0 Å². The first-order valence-corrected chi connectivity index (χ1v) is 12.2. The van der Waals surface area contributed by atoms with Crippen molar-refractivity contribution in [3.05, 3.63) is 29.3 Å². The molecule has 5 rings (SSSR count). The van der Waals surface area contributed by atoms with Crippen molar-refractivity contribution in [2.24, 2.45) is 5.92 Å². The van der Waals surface area contributed by atoms with Gasteiger partial charge in [0.1, 0.15) is 12.3 Å². The Hall–Kier alpha value is -3.07. The Kier molecular flexibility index (Phi) is 6.20. The normalized spacial score (nSPS) is 28.2. The van der Waals surface area contributed by atoms with E-state index in [9.17, 15) is 24.0 Å². The minimum atomic E-state index is -0.956. The van der Waals surface area contributed by atoms with Gasteiger partial charge in [0.2, 0.25) is 11.8 Å². The minimum Gasteiger partial charge on any atom is -0.375 e. The number of anilines is 1. The fraction of sp³-hybridized carbons (Fsp3) is 0.560. The van der Waals surface area contributed by atoms with Gasteiger partial charge >= 0.3 is 0 Å². The molecule has 1 aromatic rings. The van der Waals surface area contributed by atoms with Crippen LogP contribution in [-0.4, -0.2) is 66.2 Å². The van der Waals surface area contributed by atoms with E-state index in [1.54, 1.807) is 12.1 Å². The first kappa shape index (κ1) is 22.7. The van der Waals surface area contributed by atoms with Crippen LogP contribution in [0, 0.1) is 5.92 Å². The number of piperidine rings is 2. The lowest BCUT2D eigenvalue weighted by atomic mass is 9.88. The number of nitrogens with one attached hydrogen (secondary N) is 1. The largest absolute Gasteiger partial charge is 0.375 e. The van der Waals surface area contributed by atoms with E-state index in [2.05, 4.69) is 10.2 Å². The predicted octanol–water partition coefficient (Wildman–Crippen LogP) is 1.83. The molecule has 34 heavy (non-hydrogen) atoms. The third-order valence-corrected chi connectivity index (χ3v) is 7.53. The number of nitrogens with zero attached hydrogens (tertiary/aromatic N) is 2. The van der Waals surface area contributed by atoms with Crippen molar-refractivity contribution < 1.29 is 28.7 Å². The number of carbonyl (C=O) groups is 5.